The van der Waals surface area contributed by atoms with E-state index in [0.29, 0.717) is 11.3 Å². The van der Waals surface area contributed by atoms with Crippen LogP contribution in [0.4, 0.5) is 0 Å². The first kappa shape index (κ1) is 15.5. The smallest absolute Gasteiger partial charge is 0.162 e. The topological polar surface area (TPSA) is 30.5 Å². The molecule has 1 aliphatic rings. The van der Waals surface area contributed by atoms with Crippen LogP contribution in [-0.2, 0) is 0 Å². The van der Waals surface area contributed by atoms with Gasteiger partial charge in [-0.05, 0) is 31.5 Å². The summed E-state index contributed by atoms with van der Waals surface area (Å²) in [6.45, 7) is 9.20. The quantitative estimate of drug-likeness (QED) is 0.810. The first-order chi connectivity index (χ1) is 9.69. The van der Waals surface area contributed by atoms with Crippen LogP contribution >= 0.6 is 11.8 Å². The van der Waals surface area contributed by atoms with Crippen molar-refractivity contribution in [3.63, 3.8) is 0 Å². The minimum absolute atomic E-state index is 0.536. The first-order valence-electron chi connectivity index (χ1n) is 7.48. The minimum Gasteiger partial charge on any atom is -0.490 e. The van der Waals surface area contributed by atoms with E-state index >= 15 is 0 Å². The second kappa shape index (κ2) is 7.79. The van der Waals surface area contributed by atoms with E-state index in [-0.39, 0.29) is 0 Å². The molecule has 0 saturated carbocycles. The van der Waals surface area contributed by atoms with Crippen molar-refractivity contribution in [3.8, 4) is 11.5 Å². The number of hydrogen-bond acceptors (Lipinski definition) is 4. The third kappa shape index (κ3) is 4.60. The Morgan fingerprint density at radius 3 is 2.70 bits per heavy atom. The molecule has 0 amide bonds. The third-order valence-corrected chi connectivity index (χ3v) is 4.52. The number of ether oxygens (including phenoxy) is 2. The molecule has 0 radical (unpaired) electrons. The predicted molar refractivity (Wildman–Crippen MR) is 85.1 cm³/mol. The van der Waals surface area contributed by atoms with E-state index in [1.807, 2.05) is 17.8 Å². The van der Waals surface area contributed by atoms with Crippen LogP contribution in [0.15, 0.2) is 23.1 Å². The van der Waals surface area contributed by atoms with Crippen LogP contribution in [0.3, 0.4) is 0 Å². The van der Waals surface area contributed by atoms with Gasteiger partial charge in [0.05, 0.1) is 13.2 Å². The van der Waals surface area contributed by atoms with Crippen LogP contribution in [0, 0.1) is 0 Å². The SMILES string of the molecule is CCC(C)NCC(C)Sc1ccc2c(c1)OCCCO2. The Bertz CT molecular complexity index is 425. The summed E-state index contributed by atoms with van der Waals surface area (Å²) in [6.07, 6.45) is 2.12. The highest BCUT2D eigenvalue weighted by Gasteiger charge is 2.12. The highest BCUT2D eigenvalue weighted by Crippen LogP contribution is 2.35. The maximum atomic E-state index is 5.73. The van der Waals surface area contributed by atoms with Gasteiger partial charge in [-0.1, -0.05) is 13.8 Å². The molecule has 1 aromatic rings. The highest BCUT2D eigenvalue weighted by atomic mass is 32.2. The van der Waals surface area contributed by atoms with Crippen molar-refractivity contribution in [1.82, 2.24) is 5.32 Å². The molecule has 1 aromatic carbocycles. The van der Waals surface area contributed by atoms with E-state index in [9.17, 15) is 0 Å². The van der Waals surface area contributed by atoms with Crippen molar-refractivity contribution >= 4 is 11.8 Å². The molecule has 2 atom stereocenters. The molecule has 20 heavy (non-hydrogen) atoms. The van der Waals surface area contributed by atoms with Crippen molar-refractivity contribution < 1.29 is 9.47 Å². The minimum atomic E-state index is 0.536. The van der Waals surface area contributed by atoms with Gasteiger partial charge in [0, 0.05) is 29.2 Å². The van der Waals surface area contributed by atoms with Gasteiger partial charge in [-0.15, -0.1) is 11.8 Å². The standard InChI is InChI=1S/C16H25NO2S/c1-4-12(2)17-11-13(3)20-14-6-7-15-16(10-14)19-9-5-8-18-15/h6-7,10,12-13,17H,4-5,8-9,11H2,1-3H3. The molecule has 0 fully saturated rings. The van der Waals surface area contributed by atoms with Crippen LogP contribution in [0.1, 0.15) is 33.6 Å². The zero-order valence-corrected chi connectivity index (χ0v) is 13.5. The predicted octanol–water partition coefficient (Wildman–Crippen LogP) is 3.72. The Hall–Kier alpha value is -0.870. The molecule has 0 spiro atoms. The molecular weight excluding hydrogens is 270 g/mol. The van der Waals surface area contributed by atoms with Crippen molar-refractivity contribution in [1.29, 1.82) is 0 Å². The molecule has 3 nitrogen and oxygen atoms in total. The number of nitrogens with one attached hydrogen (secondary N) is 1. The third-order valence-electron chi connectivity index (χ3n) is 3.42. The van der Waals surface area contributed by atoms with E-state index in [0.717, 1.165) is 37.7 Å². The summed E-state index contributed by atoms with van der Waals surface area (Å²) >= 11 is 1.88. The van der Waals surface area contributed by atoms with Gasteiger partial charge in [-0.3, -0.25) is 0 Å². The number of thioether (sulfide) groups is 1. The van der Waals surface area contributed by atoms with Gasteiger partial charge >= 0.3 is 0 Å². The van der Waals surface area contributed by atoms with Gasteiger partial charge in [0.1, 0.15) is 0 Å². The Kier molecular flexibility index (Phi) is 6.05. The van der Waals surface area contributed by atoms with E-state index in [4.69, 9.17) is 9.47 Å². The molecular formula is C16H25NO2S. The number of hydrogen-bond donors (Lipinski definition) is 1. The molecule has 2 rings (SSSR count). The molecule has 0 aromatic heterocycles. The van der Waals surface area contributed by atoms with E-state index < -0.39 is 0 Å². The molecule has 1 heterocycles. The van der Waals surface area contributed by atoms with Crippen molar-refractivity contribution in [2.24, 2.45) is 0 Å². The van der Waals surface area contributed by atoms with Gasteiger partial charge in [0.15, 0.2) is 11.5 Å². The average molecular weight is 295 g/mol. The second-order valence-corrected chi connectivity index (χ2v) is 6.82. The molecule has 0 aliphatic carbocycles. The number of fused-ring (bicyclic) bond motifs is 1. The Morgan fingerprint density at radius 2 is 1.95 bits per heavy atom. The lowest BCUT2D eigenvalue weighted by molar-refractivity contribution is 0.297. The van der Waals surface area contributed by atoms with Gasteiger partial charge in [-0.2, -0.15) is 0 Å². The number of rotatable bonds is 6. The largest absolute Gasteiger partial charge is 0.490 e. The monoisotopic (exact) mass is 295 g/mol. The van der Waals surface area contributed by atoms with Gasteiger partial charge in [-0.25, -0.2) is 0 Å². The van der Waals surface area contributed by atoms with Gasteiger partial charge in [0.2, 0.25) is 0 Å². The molecule has 4 heteroatoms. The summed E-state index contributed by atoms with van der Waals surface area (Å²) in [5.74, 6) is 1.76. The van der Waals surface area contributed by atoms with Crippen LogP contribution in [0.2, 0.25) is 0 Å². The van der Waals surface area contributed by atoms with Crippen molar-refractivity contribution in [2.75, 3.05) is 19.8 Å². The lowest BCUT2D eigenvalue weighted by atomic mass is 10.2. The Morgan fingerprint density at radius 1 is 1.20 bits per heavy atom. The average Bonchev–Trinajstić information content (AvgIpc) is 2.69. The fourth-order valence-corrected chi connectivity index (χ4v) is 2.97. The zero-order valence-electron chi connectivity index (χ0n) is 12.6. The molecule has 112 valence electrons. The lowest BCUT2D eigenvalue weighted by Gasteiger charge is -2.17. The fraction of sp³-hybridized carbons (Fsp3) is 0.625. The van der Waals surface area contributed by atoms with Crippen molar-refractivity contribution in [2.45, 2.75) is 49.8 Å². The first-order valence-corrected chi connectivity index (χ1v) is 8.36. The maximum absolute atomic E-state index is 5.73. The highest BCUT2D eigenvalue weighted by molar-refractivity contribution is 8.00. The Balaban J connectivity index is 1.91. The molecule has 1 N–H and O–H groups in total. The summed E-state index contributed by atoms with van der Waals surface area (Å²) in [5, 5.41) is 4.08. The van der Waals surface area contributed by atoms with E-state index in [1.54, 1.807) is 0 Å². The lowest BCUT2D eigenvalue weighted by Crippen LogP contribution is -2.30. The summed E-state index contributed by atoms with van der Waals surface area (Å²) < 4.78 is 11.4. The summed E-state index contributed by atoms with van der Waals surface area (Å²) in [4.78, 5) is 1.24. The van der Waals surface area contributed by atoms with E-state index in [1.165, 1.54) is 11.3 Å². The Labute approximate surface area is 126 Å². The summed E-state index contributed by atoms with van der Waals surface area (Å²) in [6, 6.07) is 6.84. The summed E-state index contributed by atoms with van der Waals surface area (Å²) in [7, 11) is 0. The summed E-state index contributed by atoms with van der Waals surface area (Å²) in [5.41, 5.74) is 0. The molecule has 0 bridgehead atoms. The normalized spacial score (nSPS) is 17.4. The molecule has 2 unspecified atom stereocenters. The van der Waals surface area contributed by atoms with E-state index in [2.05, 4.69) is 38.2 Å². The van der Waals surface area contributed by atoms with Gasteiger partial charge < -0.3 is 14.8 Å². The fourth-order valence-electron chi connectivity index (χ4n) is 2.00. The van der Waals surface area contributed by atoms with Crippen LogP contribution in [-0.4, -0.2) is 31.1 Å². The maximum Gasteiger partial charge on any atom is 0.162 e. The molecule has 0 saturated heterocycles. The van der Waals surface area contributed by atoms with Gasteiger partial charge in [0.25, 0.3) is 0 Å². The zero-order chi connectivity index (χ0) is 14.4. The van der Waals surface area contributed by atoms with Crippen LogP contribution in [0.25, 0.3) is 0 Å². The van der Waals surface area contributed by atoms with Crippen LogP contribution in [0.5, 0.6) is 11.5 Å². The molecule has 1 aliphatic heterocycles. The van der Waals surface area contributed by atoms with Crippen LogP contribution < -0.4 is 14.8 Å². The number of benzene rings is 1. The second-order valence-electron chi connectivity index (χ2n) is 5.31. The van der Waals surface area contributed by atoms with Crippen molar-refractivity contribution in [3.05, 3.63) is 18.2 Å².